The van der Waals surface area contributed by atoms with E-state index in [4.69, 9.17) is 5.11 Å². The van der Waals surface area contributed by atoms with Gasteiger partial charge in [-0.2, -0.15) is 0 Å². The molecule has 0 fully saturated rings. The van der Waals surface area contributed by atoms with Crippen LogP contribution in [0.25, 0.3) is 0 Å². The van der Waals surface area contributed by atoms with E-state index < -0.39 is 0 Å². The van der Waals surface area contributed by atoms with Gasteiger partial charge in [-0.25, -0.2) is 4.39 Å². The van der Waals surface area contributed by atoms with Crippen LogP contribution < -0.4 is 0 Å². The van der Waals surface area contributed by atoms with E-state index in [2.05, 4.69) is 0 Å². The molecule has 0 saturated heterocycles. The van der Waals surface area contributed by atoms with E-state index in [0.29, 0.717) is 11.1 Å². The molecule has 0 aliphatic carbocycles. The first kappa shape index (κ1) is 12.6. The number of likely N-dealkylation sites (N-methyl/N-ethyl adjacent to an activating group) is 1. The number of hydrogen-bond acceptors (Lipinski definition) is 2. The minimum absolute atomic E-state index is 0.0948. The lowest BCUT2D eigenvalue weighted by Crippen LogP contribution is -2.37. The summed E-state index contributed by atoms with van der Waals surface area (Å²) in [5, 5.41) is 8.96. The van der Waals surface area contributed by atoms with Gasteiger partial charge in [0, 0.05) is 12.6 Å². The topological polar surface area (TPSA) is 40.5 Å². The molecule has 1 aromatic rings. The number of benzene rings is 1. The molecule has 0 heterocycles. The standard InChI is InChI=1S/C12H16FNO2/c1-8-6-10(13)4-5-11(8)12(16)14(3)9(2)7-15/h4-6,9,15H,7H2,1-3H3. The van der Waals surface area contributed by atoms with Crippen LogP contribution in [0.4, 0.5) is 4.39 Å². The first-order valence-electron chi connectivity index (χ1n) is 5.11. The maximum atomic E-state index is 12.9. The predicted molar refractivity (Wildman–Crippen MR) is 59.8 cm³/mol. The molecule has 0 radical (unpaired) electrons. The Bertz CT molecular complexity index is 393. The fraction of sp³-hybridized carbons (Fsp3) is 0.417. The molecule has 1 rings (SSSR count). The maximum Gasteiger partial charge on any atom is 0.254 e. The Labute approximate surface area is 94.5 Å². The van der Waals surface area contributed by atoms with Crippen molar-refractivity contribution in [1.29, 1.82) is 0 Å². The molecule has 1 atom stereocenters. The lowest BCUT2D eigenvalue weighted by molar-refractivity contribution is 0.0681. The summed E-state index contributed by atoms with van der Waals surface area (Å²) in [5.41, 5.74) is 1.06. The van der Waals surface area contributed by atoms with Gasteiger partial charge in [0.15, 0.2) is 0 Å². The second-order valence-corrected chi connectivity index (χ2v) is 3.91. The average Bonchev–Trinajstić information content (AvgIpc) is 2.26. The second-order valence-electron chi connectivity index (χ2n) is 3.91. The summed E-state index contributed by atoms with van der Waals surface area (Å²) in [7, 11) is 1.62. The third-order valence-corrected chi connectivity index (χ3v) is 2.66. The molecular weight excluding hydrogens is 209 g/mol. The number of aryl methyl sites for hydroxylation is 1. The summed E-state index contributed by atoms with van der Waals surface area (Å²) in [6.45, 7) is 3.34. The average molecular weight is 225 g/mol. The van der Waals surface area contributed by atoms with Crippen LogP contribution in [0.5, 0.6) is 0 Å². The molecule has 1 N–H and O–H groups in total. The number of aliphatic hydroxyl groups is 1. The molecule has 0 bridgehead atoms. The largest absolute Gasteiger partial charge is 0.394 e. The number of carbonyl (C=O) groups is 1. The lowest BCUT2D eigenvalue weighted by atomic mass is 10.1. The molecule has 4 heteroatoms. The van der Waals surface area contributed by atoms with Gasteiger partial charge in [0.2, 0.25) is 0 Å². The van der Waals surface area contributed by atoms with Gasteiger partial charge < -0.3 is 10.0 Å². The summed E-state index contributed by atoms with van der Waals surface area (Å²) < 4.78 is 12.9. The number of halogens is 1. The molecule has 0 spiro atoms. The highest BCUT2D eigenvalue weighted by Crippen LogP contribution is 2.13. The van der Waals surface area contributed by atoms with Gasteiger partial charge in [-0.05, 0) is 37.6 Å². The van der Waals surface area contributed by atoms with Crippen LogP contribution in [-0.4, -0.2) is 35.6 Å². The van der Waals surface area contributed by atoms with Gasteiger partial charge in [-0.3, -0.25) is 4.79 Å². The Morgan fingerprint density at radius 1 is 1.56 bits per heavy atom. The molecule has 3 nitrogen and oxygen atoms in total. The fourth-order valence-corrected chi connectivity index (χ4v) is 1.38. The number of amides is 1. The zero-order chi connectivity index (χ0) is 12.3. The minimum atomic E-state index is -0.355. The molecule has 0 aliphatic heterocycles. The number of rotatable bonds is 3. The van der Waals surface area contributed by atoms with Crippen molar-refractivity contribution in [2.75, 3.05) is 13.7 Å². The van der Waals surface area contributed by atoms with Crippen LogP contribution >= 0.6 is 0 Å². The Kier molecular flexibility index (Phi) is 4.01. The van der Waals surface area contributed by atoms with E-state index in [0.717, 1.165) is 0 Å². The van der Waals surface area contributed by atoms with Crippen molar-refractivity contribution >= 4 is 5.91 Å². The second kappa shape index (κ2) is 5.07. The summed E-state index contributed by atoms with van der Waals surface area (Å²) >= 11 is 0. The van der Waals surface area contributed by atoms with Crippen molar-refractivity contribution in [3.8, 4) is 0 Å². The number of nitrogens with zero attached hydrogens (tertiary/aromatic N) is 1. The van der Waals surface area contributed by atoms with Crippen molar-refractivity contribution in [2.45, 2.75) is 19.9 Å². The lowest BCUT2D eigenvalue weighted by Gasteiger charge is -2.23. The predicted octanol–water partition coefficient (Wildman–Crippen LogP) is 1.59. The first-order chi connectivity index (χ1) is 7.47. The summed E-state index contributed by atoms with van der Waals surface area (Å²) in [5.74, 6) is -0.564. The molecule has 1 unspecified atom stereocenters. The molecule has 16 heavy (non-hydrogen) atoms. The van der Waals surface area contributed by atoms with Gasteiger partial charge in [0.25, 0.3) is 5.91 Å². The van der Waals surface area contributed by atoms with Gasteiger partial charge in [-0.1, -0.05) is 0 Å². The third-order valence-electron chi connectivity index (χ3n) is 2.66. The van der Waals surface area contributed by atoms with Crippen molar-refractivity contribution < 1.29 is 14.3 Å². The van der Waals surface area contributed by atoms with Crippen molar-refractivity contribution in [3.05, 3.63) is 35.1 Å². The smallest absolute Gasteiger partial charge is 0.254 e. The SMILES string of the molecule is Cc1cc(F)ccc1C(=O)N(C)C(C)CO. The summed E-state index contributed by atoms with van der Waals surface area (Å²) in [6, 6.07) is 3.80. The first-order valence-corrected chi connectivity index (χ1v) is 5.11. The molecule has 0 saturated carbocycles. The zero-order valence-electron chi connectivity index (χ0n) is 9.70. The number of aliphatic hydroxyl groups excluding tert-OH is 1. The van der Waals surface area contributed by atoms with Gasteiger partial charge in [0.1, 0.15) is 5.82 Å². The summed E-state index contributed by atoms with van der Waals surface area (Å²) in [6.07, 6.45) is 0. The fourth-order valence-electron chi connectivity index (χ4n) is 1.38. The van der Waals surface area contributed by atoms with Crippen molar-refractivity contribution in [1.82, 2.24) is 4.90 Å². The van der Waals surface area contributed by atoms with Gasteiger partial charge >= 0.3 is 0 Å². The molecule has 1 aromatic carbocycles. The Hall–Kier alpha value is -1.42. The van der Waals surface area contributed by atoms with Crippen LogP contribution in [0.3, 0.4) is 0 Å². The van der Waals surface area contributed by atoms with Crippen molar-refractivity contribution in [3.63, 3.8) is 0 Å². The highest BCUT2D eigenvalue weighted by atomic mass is 19.1. The van der Waals surface area contributed by atoms with E-state index >= 15 is 0 Å². The molecule has 0 aliphatic rings. The molecular formula is C12H16FNO2. The van der Waals surface area contributed by atoms with Crippen LogP contribution in [0.15, 0.2) is 18.2 Å². The Morgan fingerprint density at radius 3 is 2.69 bits per heavy atom. The third kappa shape index (κ3) is 2.58. The zero-order valence-corrected chi connectivity index (χ0v) is 9.70. The Morgan fingerprint density at radius 2 is 2.19 bits per heavy atom. The van der Waals surface area contributed by atoms with Gasteiger partial charge in [-0.15, -0.1) is 0 Å². The van der Waals surface area contributed by atoms with Crippen LogP contribution in [0, 0.1) is 12.7 Å². The molecule has 88 valence electrons. The number of carbonyl (C=O) groups excluding carboxylic acids is 1. The van der Waals surface area contributed by atoms with E-state index in [1.807, 2.05) is 0 Å². The van der Waals surface area contributed by atoms with Crippen LogP contribution in [0.2, 0.25) is 0 Å². The molecule has 1 amide bonds. The maximum absolute atomic E-state index is 12.9. The summed E-state index contributed by atoms with van der Waals surface area (Å²) in [4.78, 5) is 13.4. The monoisotopic (exact) mass is 225 g/mol. The number of hydrogen-bond donors (Lipinski definition) is 1. The highest BCUT2D eigenvalue weighted by molar-refractivity contribution is 5.95. The van der Waals surface area contributed by atoms with E-state index in [9.17, 15) is 9.18 Å². The Balaban J connectivity index is 2.96. The minimum Gasteiger partial charge on any atom is -0.394 e. The quantitative estimate of drug-likeness (QED) is 0.848. The molecule has 0 aromatic heterocycles. The van der Waals surface area contributed by atoms with Crippen molar-refractivity contribution in [2.24, 2.45) is 0 Å². The van der Waals surface area contributed by atoms with E-state index in [-0.39, 0.29) is 24.4 Å². The van der Waals surface area contributed by atoms with Crippen LogP contribution in [0.1, 0.15) is 22.8 Å². The van der Waals surface area contributed by atoms with Gasteiger partial charge in [0.05, 0.1) is 12.6 Å². The van der Waals surface area contributed by atoms with E-state index in [1.54, 1.807) is 20.9 Å². The normalized spacial score (nSPS) is 12.3. The van der Waals surface area contributed by atoms with E-state index in [1.165, 1.54) is 23.1 Å². The van der Waals surface area contributed by atoms with Crippen LogP contribution in [-0.2, 0) is 0 Å². The highest BCUT2D eigenvalue weighted by Gasteiger charge is 2.18.